The van der Waals surface area contributed by atoms with Crippen molar-refractivity contribution in [1.82, 2.24) is 4.90 Å². The van der Waals surface area contributed by atoms with Gasteiger partial charge in [0.15, 0.2) is 0 Å². The summed E-state index contributed by atoms with van der Waals surface area (Å²) >= 11 is 3.13. The smallest absolute Gasteiger partial charge is 0.339 e. The lowest BCUT2D eigenvalue weighted by Crippen LogP contribution is -2.38. The number of hydrogen-bond acceptors (Lipinski definition) is 5. The molecule has 0 bridgehead atoms. The van der Waals surface area contributed by atoms with E-state index in [0.29, 0.717) is 24.2 Å². The third-order valence-electron chi connectivity index (χ3n) is 3.05. The predicted molar refractivity (Wildman–Crippen MR) is 76.1 cm³/mol. The van der Waals surface area contributed by atoms with Gasteiger partial charge in [-0.2, -0.15) is 0 Å². The van der Waals surface area contributed by atoms with E-state index >= 15 is 0 Å². The summed E-state index contributed by atoms with van der Waals surface area (Å²) in [5, 5.41) is 0. The van der Waals surface area contributed by atoms with Gasteiger partial charge in [-0.1, -0.05) is 0 Å². The molecule has 0 spiro atoms. The van der Waals surface area contributed by atoms with Crippen LogP contribution in [0.2, 0.25) is 0 Å². The van der Waals surface area contributed by atoms with Crippen LogP contribution in [0.5, 0.6) is 0 Å². The number of hydrogen-bond donors (Lipinski definition) is 1. The number of morpholine rings is 1. The van der Waals surface area contributed by atoms with Gasteiger partial charge in [0.1, 0.15) is 12.4 Å². The minimum atomic E-state index is -0.568. The van der Waals surface area contributed by atoms with Crippen molar-refractivity contribution in [3.05, 3.63) is 28.0 Å². The minimum absolute atomic E-state index is 0.0756. The molecule has 0 saturated carbocycles. The fraction of sp³-hybridized carbons (Fsp3) is 0.462. The van der Waals surface area contributed by atoms with Crippen molar-refractivity contribution in [2.24, 2.45) is 0 Å². The highest BCUT2D eigenvalue weighted by Gasteiger charge is 2.16. The summed E-state index contributed by atoms with van der Waals surface area (Å²) < 4.78 is 23.9. The number of benzene rings is 1. The van der Waals surface area contributed by atoms with Crippen LogP contribution in [-0.2, 0) is 9.47 Å². The second-order valence-corrected chi connectivity index (χ2v) is 5.30. The molecule has 5 nitrogen and oxygen atoms in total. The van der Waals surface area contributed by atoms with E-state index in [-0.39, 0.29) is 17.9 Å². The normalized spacial score (nSPS) is 16.1. The Morgan fingerprint density at radius 2 is 2.15 bits per heavy atom. The van der Waals surface area contributed by atoms with Crippen LogP contribution >= 0.6 is 15.9 Å². The summed E-state index contributed by atoms with van der Waals surface area (Å²) in [6.07, 6.45) is 0. The zero-order valence-corrected chi connectivity index (χ0v) is 12.5. The highest BCUT2D eigenvalue weighted by Crippen LogP contribution is 2.23. The van der Waals surface area contributed by atoms with E-state index in [2.05, 4.69) is 20.8 Å². The quantitative estimate of drug-likeness (QED) is 0.663. The molecule has 1 aliphatic rings. The van der Waals surface area contributed by atoms with Crippen LogP contribution in [0.4, 0.5) is 10.1 Å². The Morgan fingerprint density at radius 1 is 1.45 bits per heavy atom. The second kappa shape index (κ2) is 7.01. The number of nitrogens with zero attached hydrogens (tertiary/aromatic N) is 1. The van der Waals surface area contributed by atoms with Crippen molar-refractivity contribution in [2.75, 3.05) is 45.2 Å². The summed E-state index contributed by atoms with van der Waals surface area (Å²) in [7, 11) is 0. The molecule has 20 heavy (non-hydrogen) atoms. The minimum Gasteiger partial charge on any atom is -0.461 e. The Balaban J connectivity index is 1.87. The third-order valence-corrected chi connectivity index (χ3v) is 3.71. The molecule has 0 atom stereocenters. The lowest BCUT2D eigenvalue weighted by molar-refractivity contribution is 0.0195. The van der Waals surface area contributed by atoms with Crippen LogP contribution in [-0.4, -0.2) is 50.3 Å². The number of carbonyl (C=O) groups excluding carboxylic acids is 1. The van der Waals surface area contributed by atoms with E-state index in [9.17, 15) is 9.18 Å². The number of anilines is 1. The fourth-order valence-corrected chi connectivity index (χ4v) is 2.37. The lowest BCUT2D eigenvalue weighted by atomic mass is 10.2. The molecule has 2 rings (SSSR count). The zero-order chi connectivity index (χ0) is 14.5. The summed E-state index contributed by atoms with van der Waals surface area (Å²) in [6.45, 7) is 4.02. The van der Waals surface area contributed by atoms with Crippen LogP contribution < -0.4 is 5.73 Å². The highest BCUT2D eigenvalue weighted by molar-refractivity contribution is 9.10. The standard InChI is InChI=1S/C13H16BrFN2O3/c14-10-8-11(15)12(16)7-9(10)13(18)20-6-3-17-1-4-19-5-2-17/h7-8H,1-6,16H2. The Kier molecular flexibility index (Phi) is 5.33. The maximum Gasteiger partial charge on any atom is 0.339 e. The van der Waals surface area contributed by atoms with Crippen LogP contribution in [0.25, 0.3) is 0 Å². The van der Waals surface area contributed by atoms with Crippen molar-refractivity contribution >= 4 is 27.6 Å². The monoisotopic (exact) mass is 346 g/mol. The lowest BCUT2D eigenvalue weighted by Gasteiger charge is -2.26. The first kappa shape index (κ1) is 15.2. The van der Waals surface area contributed by atoms with E-state index in [0.717, 1.165) is 19.2 Å². The topological polar surface area (TPSA) is 64.8 Å². The number of esters is 1. The molecule has 110 valence electrons. The number of carbonyl (C=O) groups is 1. The molecule has 1 aromatic rings. The van der Waals surface area contributed by atoms with Crippen LogP contribution in [0, 0.1) is 5.82 Å². The fourth-order valence-electron chi connectivity index (χ4n) is 1.89. The summed E-state index contributed by atoms with van der Waals surface area (Å²) in [5.74, 6) is -1.08. The van der Waals surface area contributed by atoms with E-state index in [1.54, 1.807) is 0 Å². The van der Waals surface area contributed by atoms with Gasteiger partial charge in [-0.15, -0.1) is 0 Å². The number of halogens is 2. The molecule has 7 heteroatoms. The molecule has 0 radical (unpaired) electrons. The van der Waals surface area contributed by atoms with Gasteiger partial charge >= 0.3 is 5.97 Å². The van der Waals surface area contributed by atoms with Gasteiger partial charge in [-0.05, 0) is 28.1 Å². The van der Waals surface area contributed by atoms with E-state index < -0.39 is 11.8 Å². The zero-order valence-electron chi connectivity index (χ0n) is 10.9. The third kappa shape index (κ3) is 3.91. The molecular weight excluding hydrogens is 331 g/mol. The van der Waals surface area contributed by atoms with Crippen molar-refractivity contribution in [1.29, 1.82) is 0 Å². The Labute approximate surface area is 125 Å². The molecule has 2 N–H and O–H groups in total. The maximum absolute atomic E-state index is 13.2. The molecule has 0 unspecified atom stereocenters. The molecule has 1 aliphatic heterocycles. The molecule has 0 aromatic heterocycles. The number of ether oxygens (including phenoxy) is 2. The number of rotatable bonds is 4. The van der Waals surface area contributed by atoms with Gasteiger partial charge in [0.05, 0.1) is 24.5 Å². The van der Waals surface area contributed by atoms with Crippen LogP contribution in [0.3, 0.4) is 0 Å². The first-order valence-corrected chi connectivity index (χ1v) is 7.09. The van der Waals surface area contributed by atoms with Crippen LogP contribution in [0.15, 0.2) is 16.6 Å². The van der Waals surface area contributed by atoms with E-state index in [1.165, 1.54) is 6.07 Å². The van der Waals surface area contributed by atoms with Crippen molar-refractivity contribution in [3.8, 4) is 0 Å². The average Bonchev–Trinajstić information content (AvgIpc) is 2.44. The van der Waals surface area contributed by atoms with Gasteiger partial charge in [-0.25, -0.2) is 9.18 Å². The molecule has 0 amide bonds. The van der Waals surface area contributed by atoms with Gasteiger partial charge in [-0.3, -0.25) is 4.90 Å². The molecule has 1 fully saturated rings. The van der Waals surface area contributed by atoms with Crippen molar-refractivity contribution < 1.29 is 18.7 Å². The summed E-state index contributed by atoms with van der Waals surface area (Å²) in [5.41, 5.74) is 5.60. The largest absolute Gasteiger partial charge is 0.461 e. The Hall–Kier alpha value is -1.18. The second-order valence-electron chi connectivity index (χ2n) is 4.44. The SMILES string of the molecule is Nc1cc(C(=O)OCCN2CCOCC2)c(Br)cc1F. The molecule has 1 saturated heterocycles. The Morgan fingerprint density at radius 3 is 2.85 bits per heavy atom. The average molecular weight is 347 g/mol. The van der Waals surface area contributed by atoms with Crippen molar-refractivity contribution in [2.45, 2.75) is 0 Å². The van der Waals surface area contributed by atoms with Gasteiger partial charge in [0.2, 0.25) is 0 Å². The summed E-state index contributed by atoms with van der Waals surface area (Å²) in [4.78, 5) is 14.1. The van der Waals surface area contributed by atoms with E-state index in [4.69, 9.17) is 15.2 Å². The Bertz CT molecular complexity index is 493. The number of nitrogen functional groups attached to an aromatic ring is 1. The molecule has 0 aliphatic carbocycles. The summed E-state index contributed by atoms with van der Waals surface area (Å²) in [6, 6.07) is 2.43. The molecule has 1 heterocycles. The van der Waals surface area contributed by atoms with Gasteiger partial charge in [0, 0.05) is 24.1 Å². The highest BCUT2D eigenvalue weighted by atomic mass is 79.9. The van der Waals surface area contributed by atoms with Gasteiger partial charge in [0.25, 0.3) is 0 Å². The first-order chi connectivity index (χ1) is 9.58. The first-order valence-electron chi connectivity index (χ1n) is 6.29. The van der Waals surface area contributed by atoms with Gasteiger partial charge < -0.3 is 15.2 Å². The maximum atomic E-state index is 13.2. The number of nitrogens with two attached hydrogens (primary N) is 1. The molecular formula is C13H16BrFN2O3. The molecule has 1 aromatic carbocycles. The predicted octanol–water partition coefficient (Wildman–Crippen LogP) is 1.66. The van der Waals surface area contributed by atoms with Crippen LogP contribution in [0.1, 0.15) is 10.4 Å². The van der Waals surface area contributed by atoms with Crippen molar-refractivity contribution in [3.63, 3.8) is 0 Å². The van der Waals surface area contributed by atoms with E-state index in [1.807, 2.05) is 0 Å².